The molecule has 2 rings (SSSR count). The van der Waals surface area contributed by atoms with Crippen LogP contribution in [0.15, 0.2) is 12.1 Å². The third-order valence-corrected chi connectivity index (χ3v) is 2.80. The predicted octanol–water partition coefficient (Wildman–Crippen LogP) is 3.31. The number of nitrogens with one attached hydrogen (secondary N) is 2. The lowest BCUT2D eigenvalue weighted by Crippen LogP contribution is -2.27. The van der Waals surface area contributed by atoms with Crippen molar-refractivity contribution in [3.63, 3.8) is 0 Å². The average Bonchev–Trinajstić information content (AvgIpc) is 2.62. The van der Waals surface area contributed by atoms with Gasteiger partial charge in [0, 0.05) is 17.9 Å². The quantitative estimate of drug-likeness (QED) is 0.801. The highest BCUT2D eigenvalue weighted by molar-refractivity contribution is 5.87. The molecule has 0 aromatic heterocycles. The van der Waals surface area contributed by atoms with Crippen molar-refractivity contribution >= 4 is 17.5 Å². The van der Waals surface area contributed by atoms with E-state index in [-0.39, 0.29) is 0 Å². The van der Waals surface area contributed by atoms with Crippen molar-refractivity contribution in [3.05, 3.63) is 23.3 Å². The van der Waals surface area contributed by atoms with Crippen molar-refractivity contribution in [2.75, 3.05) is 17.2 Å². The van der Waals surface area contributed by atoms with E-state index < -0.39 is 11.7 Å². The maximum atomic E-state index is 11.7. The summed E-state index contributed by atoms with van der Waals surface area (Å²) in [5.74, 6) is 0. The first-order valence-electron chi connectivity index (χ1n) is 6.22. The van der Waals surface area contributed by atoms with Crippen LogP contribution in [-0.4, -0.2) is 18.2 Å². The molecular weight excluding hydrogens is 228 g/mol. The second-order valence-corrected chi connectivity index (χ2v) is 5.63. The Bertz CT molecular complexity index is 475. The molecule has 0 aliphatic carbocycles. The van der Waals surface area contributed by atoms with Gasteiger partial charge in [0.05, 0.1) is 0 Å². The molecule has 1 heterocycles. The Kier molecular flexibility index (Phi) is 3.20. The standard InChI is InChI=1S/C14H20N2O2/c1-9-7-12-10(5-6-15-12)8-11(9)16-13(17)18-14(2,3)4/h7-8,15H,5-6H2,1-4H3,(H,16,17). The Morgan fingerprint density at radius 2 is 2.11 bits per heavy atom. The first-order valence-corrected chi connectivity index (χ1v) is 6.22. The molecular formula is C14H20N2O2. The Balaban J connectivity index is 2.12. The minimum absolute atomic E-state index is 0.406. The molecule has 4 nitrogen and oxygen atoms in total. The molecule has 2 N–H and O–H groups in total. The topological polar surface area (TPSA) is 50.4 Å². The summed E-state index contributed by atoms with van der Waals surface area (Å²) in [5.41, 5.74) is 3.80. The van der Waals surface area contributed by atoms with Gasteiger partial charge in [0.15, 0.2) is 0 Å². The Hall–Kier alpha value is -1.71. The molecule has 98 valence electrons. The van der Waals surface area contributed by atoms with E-state index in [0.29, 0.717) is 0 Å². The van der Waals surface area contributed by atoms with Crippen molar-refractivity contribution in [1.82, 2.24) is 0 Å². The van der Waals surface area contributed by atoms with Crippen LogP contribution in [0.4, 0.5) is 16.2 Å². The lowest BCUT2D eigenvalue weighted by molar-refractivity contribution is 0.0636. The molecule has 0 unspecified atom stereocenters. The highest BCUT2D eigenvalue weighted by Crippen LogP contribution is 2.29. The zero-order valence-corrected chi connectivity index (χ0v) is 11.4. The molecule has 0 fully saturated rings. The number of carbonyl (C=O) groups is 1. The van der Waals surface area contributed by atoms with Gasteiger partial charge in [-0.15, -0.1) is 0 Å². The summed E-state index contributed by atoms with van der Waals surface area (Å²) in [4.78, 5) is 11.7. The molecule has 1 amide bonds. The van der Waals surface area contributed by atoms with E-state index in [1.54, 1.807) is 0 Å². The molecule has 1 aromatic carbocycles. The van der Waals surface area contributed by atoms with Gasteiger partial charge in [0.1, 0.15) is 5.60 Å². The van der Waals surface area contributed by atoms with Crippen molar-refractivity contribution in [2.45, 2.75) is 39.7 Å². The largest absolute Gasteiger partial charge is 0.444 e. The number of aryl methyl sites for hydroxylation is 1. The third kappa shape index (κ3) is 2.94. The van der Waals surface area contributed by atoms with Crippen LogP contribution in [0.2, 0.25) is 0 Å². The van der Waals surface area contributed by atoms with Crippen molar-refractivity contribution in [3.8, 4) is 0 Å². The summed E-state index contributed by atoms with van der Waals surface area (Å²) in [6, 6.07) is 4.09. The summed E-state index contributed by atoms with van der Waals surface area (Å²) >= 11 is 0. The van der Waals surface area contributed by atoms with Gasteiger partial charge in [0.25, 0.3) is 0 Å². The van der Waals surface area contributed by atoms with E-state index >= 15 is 0 Å². The first-order chi connectivity index (χ1) is 8.35. The summed E-state index contributed by atoms with van der Waals surface area (Å²) in [6.07, 6.45) is 0.593. The van der Waals surface area contributed by atoms with Crippen LogP contribution in [0, 0.1) is 6.92 Å². The zero-order valence-electron chi connectivity index (χ0n) is 11.4. The van der Waals surface area contributed by atoms with E-state index in [9.17, 15) is 4.79 Å². The first kappa shape index (κ1) is 12.7. The summed E-state index contributed by atoms with van der Waals surface area (Å²) in [7, 11) is 0. The van der Waals surface area contributed by atoms with E-state index in [2.05, 4.69) is 16.7 Å². The predicted molar refractivity (Wildman–Crippen MR) is 73.2 cm³/mol. The highest BCUT2D eigenvalue weighted by Gasteiger charge is 2.18. The molecule has 4 heteroatoms. The number of ether oxygens (including phenoxy) is 1. The number of benzene rings is 1. The number of rotatable bonds is 1. The lowest BCUT2D eigenvalue weighted by Gasteiger charge is -2.20. The third-order valence-electron chi connectivity index (χ3n) is 2.80. The van der Waals surface area contributed by atoms with Gasteiger partial charge in [-0.2, -0.15) is 0 Å². The fourth-order valence-corrected chi connectivity index (χ4v) is 2.00. The Labute approximate surface area is 108 Å². The number of carbonyl (C=O) groups excluding carboxylic acids is 1. The number of hydrogen-bond acceptors (Lipinski definition) is 3. The van der Waals surface area contributed by atoms with Crippen LogP contribution < -0.4 is 10.6 Å². The second kappa shape index (κ2) is 4.52. The molecule has 0 saturated carbocycles. The van der Waals surface area contributed by atoms with Gasteiger partial charge in [-0.3, -0.25) is 5.32 Å². The van der Waals surface area contributed by atoms with Gasteiger partial charge in [-0.05, 0) is 57.4 Å². The van der Waals surface area contributed by atoms with E-state index in [0.717, 1.165) is 24.2 Å². The maximum absolute atomic E-state index is 11.7. The van der Waals surface area contributed by atoms with Crippen LogP contribution in [0.3, 0.4) is 0 Å². The lowest BCUT2D eigenvalue weighted by atomic mass is 10.1. The normalized spacial score (nSPS) is 13.8. The molecule has 0 radical (unpaired) electrons. The van der Waals surface area contributed by atoms with Crippen molar-refractivity contribution < 1.29 is 9.53 Å². The molecule has 0 saturated heterocycles. The number of hydrogen-bond donors (Lipinski definition) is 2. The number of anilines is 2. The summed E-state index contributed by atoms with van der Waals surface area (Å²) < 4.78 is 5.25. The monoisotopic (exact) mass is 248 g/mol. The summed E-state index contributed by atoms with van der Waals surface area (Å²) in [5, 5.41) is 6.12. The van der Waals surface area contributed by atoms with Gasteiger partial charge >= 0.3 is 6.09 Å². The fourth-order valence-electron chi connectivity index (χ4n) is 2.00. The molecule has 0 spiro atoms. The molecule has 0 atom stereocenters. The SMILES string of the molecule is Cc1cc2c(cc1NC(=O)OC(C)(C)C)CCN2. The van der Waals surface area contributed by atoms with Crippen molar-refractivity contribution in [2.24, 2.45) is 0 Å². The van der Waals surface area contributed by atoms with Crippen LogP contribution >= 0.6 is 0 Å². The zero-order chi connectivity index (χ0) is 13.3. The second-order valence-electron chi connectivity index (χ2n) is 5.63. The average molecular weight is 248 g/mol. The van der Waals surface area contributed by atoms with E-state index in [1.807, 2.05) is 33.8 Å². The van der Waals surface area contributed by atoms with Crippen LogP contribution in [-0.2, 0) is 11.2 Å². The van der Waals surface area contributed by atoms with E-state index in [4.69, 9.17) is 4.74 Å². The fraction of sp³-hybridized carbons (Fsp3) is 0.500. The summed E-state index contributed by atoms with van der Waals surface area (Å²) in [6.45, 7) is 8.50. The molecule has 1 aliphatic heterocycles. The number of fused-ring (bicyclic) bond motifs is 1. The van der Waals surface area contributed by atoms with Crippen LogP contribution in [0.5, 0.6) is 0 Å². The Morgan fingerprint density at radius 3 is 2.78 bits per heavy atom. The van der Waals surface area contributed by atoms with Gasteiger partial charge in [0.2, 0.25) is 0 Å². The number of amides is 1. The Morgan fingerprint density at radius 1 is 1.39 bits per heavy atom. The van der Waals surface area contributed by atoms with Crippen molar-refractivity contribution in [1.29, 1.82) is 0 Å². The minimum Gasteiger partial charge on any atom is -0.444 e. The molecule has 0 bridgehead atoms. The molecule has 18 heavy (non-hydrogen) atoms. The van der Waals surface area contributed by atoms with Gasteiger partial charge in [-0.1, -0.05) is 0 Å². The van der Waals surface area contributed by atoms with Crippen LogP contribution in [0.1, 0.15) is 31.9 Å². The minimum atomic E-state index is -0.476. The van der Waals surface area contributed by atoms with Gasteiger partial charge in [-0.25, -0.2) is 4.79 Å². The van der Waals surface area contributed by atoms with Crippen LogP contribution in [0.25, 0.3) is 0 Å². The molecule has 1 aliphatic rings. The smallest absolute Gasteiger partial charge is 0.412 e. The molecule has 1 aromatic rings. The van der Waals surface area contributed by atoms with E-state index in [1.165, 1.54) is 11.3 Å². The van der Waals surface area contributed by atoms with Gasteiger partial charge < -0.3 is 10.1 Å². The highest BCUT2D eigenvalue weighted by atomic mass is 16.6. The maximum Gasteiger partial charge on any atom is 0.412 e.